The van der Waals surface area contributed by atoms with E-state index in [1.165, 1.54) is 35.2 Å². The van der Waals surface area contributed by atoms with Crippen LogP contribution < -0.4 is 5.32 Å². The first-order chi connectivity index (χ1) is 19.7. The first-order valence-electron chi connectivity index (χ1n) is 13.2. The largest absolute Gasteiger partial charge is 0.481 e. The van der Waals surface area contributed by atoms with E-state index in [9.17, 15) is 41.0 Å². The van der Waals surface area contributed by atoms with Crippen LogP contribution in [0.2, 0.25) is 0 Å². The molecular formula is C29H28F6N4O3. The number of halogens is 6. The van der Waals surface area contributed by atoms with Gasteiger partial charge in [-0.25, -0.2) is 9.97 Å². The molecule has 0 aliphatic carbocycles. The van der Waals surface area contributed by atoms with E-state index >= 15 is 0 Å². The minimum Gasteiger partial charge on any atom is -0.481 e. The molecule has 3 aromatic rings. The summed E-state index contributed by atoms with van der Waals surface area (Å²) in [4.78, 5) is 33.2. The number of amides is 1. The van der Waals surface area contributed by atoms with E-state index in [-0.39, 0.29) is 30.3 Å². The predicted molar refractivity (Wildman–Crippen MR) is 142 cm³/mol. The molecule has 1 aliphatic rings. The van der Waals surface area contributed by atoms with Gasteiger partial charge < -0.3 is 15.3 Å². The van der Waals surface area contributed by atoms with Gasteiger partial charge in [-0.1, -0.05) is 12.1 Å². The molecule has 1 saturated heterocycles. The Hall–Kier alpha value is -4.16. The predicted octanol–water partition coefficient (Wildman–Crippen LogP) is 6.90. The minimum absolute atomic E-state index is 0.106. The van der Waals surface area contributed by atoms with Crippen LogP contribution in [-0.2, 0) is 11.0 Å². The zero-order chi connectivity index (χ0) is 30.7. The number of aromatic nitrogens is 2. The summed E-state index contributed by atoms with van der Waals surface area (Å²) in [6.45, 7) is 2.18. The number of hydrogen-bond donors (Lipinski definition) is 2. The van der Waals surface area contributed by atoms with Gasteiger partial charge in [0.1, 0.15) is 5.69 Å². The number of likely N-dealkylation sites (tertiary alicyclic amines) is 1. The lowest BCUT2D eigenvalue weighted by atomic mass is 9.95. The number of piperidine rings is 1. The van der Waals surface area contributed by atoms with Crippen LogP contribution in [0, 0.1) is 12.8 Å². The fraction of sp³-hybridized carbons (Fsp3) is 0.379. The third kappa shape index (κ3) is 7.77. The van der Waals surface area contributed by atoms with Gasteiger partial charge in [0.25, 0.3) is 5.91 Å². The van der Waals surface area contributed by atoms with E-state index in [1.54, 1.807) is 19.1 Å². The maximum Gasteiger partial charge on any atom is 0.433 e. The highest BCUT2D eigenvalue weighted by molar-refractivity contribution is 5.95. The number of carbonyl (C=O) groups excluding carboxylic acids is 1. The summed E-state index contributed by atoms with van der Waals surface area (Å²) >= 11 is 0. The van der Waals surface area contributed by atoms with Crippen molar-refractivity contribution in [3.05, 3.63) is 77.1 Å². The van der Waals surface area contributed by atoms with Crippen LogP contribution in [0.1, 0.15) is 58.9 Å². The number of rotatable bonds is 8. The van der Waals surface area contributed by atoms with Crippen molar-refractivity contribution in [1.82, 2.24) is 14.9 Å². The Labute approximate surface area is 237 Å². The van der Waals surface area contributed by atoms with E-state index in [0.29, 0.717) is 41.8 Å². The molecule has 42 heavy (non-hydrogen) atoms. The molecule has 2 atom stereocenters. The van der Waals surface area contributed by atoms with Gasteiger partial charge in [0, 0.05) is 42.5 Å². The number of carboxylic acid groups (broad SMARTS) is 1. The molecule has 1 fully saturated rings. The number of aryl methyl sites for hydroxylation is 1. The number of aliphatic carboxylic acids is 1. The summed E-state index contributed by atoms with van der Waals surface area (Å²) in [5.41, 5.74) is 0.970. The standard InChI is InChI=1S/C29H28F6N4O3/c1-17-15-19(25-36-13-11-24(38-25)29(33,34)35)6-9-22(17)23(10-12-28(30,31)32)37-21-7-4-18(5-8-21)26(40)39-14-2-3-20(16-39)27(41)42/h4-9,11,13,15,20,23,37H,2-3,10,12,14,16H2,1H3,(H,41,42)/t20-,23?/m1/s1. The Balaban J connectivity index is 1.54. The van der Waals surface area contributed by atoms with Crippen molar-refractivity contribution in [1.29, 1.82) is 0 Å². The number of nitrogens with zero attached hydrogens (tertiary/aromatic N) is 3. The Morgan fingerprint density at radius 2 is 1.79 bits per heavy atom. The van der Waals surface area contributed by atoms with Gasteiger partial charge in [0.05, 0.1) is 12.0 Å². The number of alkyl halides is 6. The second-order valence-electron chi connectivity index (χ2n) is 10.2. The molecule has 2 heterocycles. The fourth-order valence-corrected chi connectivity index (χ4v) is 4.93. The average molecular weight is 595 g/mol. The second-order valence-corrected chi connectivity index (χ2v) is 10.2. The highest BCUT2D eigenvalue weighted by Crippen LogP contribution is 2.34. The number of nitrogens with one attached hydrogen (secondary N) is 1. The van der Waals surface area contributed by atoms with E-state index in [0.717, 1.165) is 12.3 Å². The summed E-state index contributed by atoms with van der Waals surface area (Å²) in [7, 11) is 0. The van der Waals surface area contributed by atoms with Crippen molar-refractivity contribution in [2.45, 2.75) is 51.0 Å². The molecule has 0 spiro atoms. The molecular weight excluding hydrogens is 566 g/mol. The number of carbonyl (C=O) groups is 2. The van der Waals surface area contributed by atoms with Gasteiger partial charge >= 0.3 is 18.3 Å². The summed E-state index contributed by atoms with van der Waals surface area (Å²) in [6.07, 6.45) is -8.43. The van der Waals surface area contributed by atoms with E-state index in [1.807, 2.05) is 0 Å². The molecule has 0 saturated carbocycles. The van der Waals surface area contributed by atoms with Crippen molar-refractivity contribution >= 4 is 17.6 Å². The third-order valence-corrected chi connectivity index (χ3v) is 7.10. The normalized spacial score (nSPS) is 16.6. The molecule has 13 heteroatoms. The third-order valence-electron chi connectivity index (χ3n) is 7.10. The summed E-state index contributed by atoms with van der Waals surface area (Å²) in [6, 6.07) is 10.6. The van der Waals surface area contributed by atoms with Gasteiger partial charge in [-0.2, -0.15) is 26.3 Å². The van der Waals surface area contributed by atoms with E-state index in [4.69, 9.17) is 0 Å². The van der Waals surface area contributed by atoms with Crippen LogP contribution in [0.5, 0.6) is 0 Å². The monoisotopic (exact) mass is 594 g/mol. The molecule has 2 N–H and O–H groups in total. The molecule has 1 amide bonds. The Morgan fingerprint density at radius 1 is 1.07 bits per heavy atom. The smallest absolute Gasteiger partial charge is 0.433 e. The SMILES string of the molecule is Cc1cc(-c2nccc(C(F)(F)F)n2)ccc1C(CCC(F)(F)F)Nc1ccc(C(=O)N2CCC[C@@H](C(=O)O)C2)cc1. The van der Waals surface area contributed by atoms with Gasteiger partial charge in [-0.15, -0.1) is 0 Å². The highest BCUT2D eigenvalue weighted by atomic mass is 19.4. The fourth-order valence-electron chi connectivity index (χ4n) is 4.93. The molecule has 1 unspecified atom stereocenters. The summed E-state index contributed by atoms with van der Waals surface area (Å²) in [5.74, 6) is -2.08. The molecule has 7 nitrogen and oxygen atoms in total. The first kappa shape index (κ1) is 30.8. The molecule has 4 rings (SSSR count). The summed E-state index contributed by atoms with van der Waals surface area (Å²) in [5, 5.41) is 12.4. The van der Waals surface area contributed by atoms with Crippen LogP contribution in [-0.4, -0.2) is 51.1 Å². The van der Waals surface area contributed by atoms with Crippen LogP contribution in [0.25, 0.3) is 11.4 Å². The summed E-state index contributed by atoms with van der Waals surface area (Å²) < 4.78 is 78.8. The van der Waals surface area contributed by atoms with Crippen LogP contribution in [0.15, 0.2) is 54.7 Å². The lowest BCUT2D eigenvalue weighted by Crippen LogP contribution is -2.42. The quantitative estimate of drug-likeness (QED) is 0.276. The lowest BCUT2D eigenvalue weighted by molar-refractivity contribution is -0.143. The highest BCUT2D eigenvalue weighted by Gasteiger charge is 2.33. The average Bonchev–Trinajstić information content (AvgIpc) is 2.94. The Bertz CT molecular complexity index is 1430. The van der Waals surface area contributed by atoms with E-state index < -0.39 is 42.4 Å². The molecule has 224 valence electrons. The maximum absolute atomic E-state index is 13.2. The number of anilines is 1. The Morgan fingerprint density at radius 3 is 2.40 bits per heavy atom. The zero-order valence-corrected chi connectivity index (χ0v) is 22.5. The van der Waals surface area contributed by atoms with Crippen molar-refractivity contribution in [2.24, 2.45) is 5.92 Å². The number of benzene rings is 2. The van der Waals surface area contributed by atoms with Gasteiger partial charge in [0.2, 0.25) is 0 Å². The first-order valence-corrected chi connectivity index (χ1v) is 13.2. The maximum atomic E-state index is 13.2. The molecule has 2 aromatic carbocycles. The van der Waals surface area contributed by atoms with Crippen LogP contribution >= 0.6 is 0 Å². The topological polar surface area (TPSA) is 95.4 Å². The van der Waals surface area contributed by atoms with Crippen molar-refractivity contribution < 1.29 is 41.0 Å². The molecule has 1 aromatic heterocycles. The van der Waals surface area contributed by atoms with E-state index in [2.05, 4.69) is 15.3 Å². The van der Waals surface area contributed by atoms with Crippen molar-refractivity contribution in [2.75, 3.05) is 18.4 Å². The van der Waals surface area contributed by atoms with Gasteiger partial charge in [0.15, 0.2) is 5.82 Å². The van der Waals surface area contributed by atoms with Crippen LogP contribution in [0.4, 0.5) is 32.0 Å². The number of hydrogen-bond acceptors (Lipinski definition) is 5. The molecule has 1 aliphatic heterocycles. The minimum atomic E-state index is -4.66. The van der Waals surface area contributed by atoms with Gasteiger partial charge in [-0.3, -0.25) is 9.59 Å². The number of carboxylic acids is 1. The van der Waals surface area contributed by atoms with Crippen LogP contribution in [0.3, 0.4) is 0 Å². The van der Waals surface area contributed by atoms with Gasteiger partial charge in [-0.05, 0) is 73.7 Å². The Kier molecular flexibility index (Phi) is 9.07. The molecule has 0 radical (unpaired) electrons. The zero-order valence-electron chi connectivity index (χ0n) is 22.5. The second kappa shape index (κ2) is 12.4. The van der Waals surface area contributed by atoms with Crippen molar-refractivity contribution in [3.8, 4) is 11.4 Å². The lowest BCUT2D eigenvalue weighted by Gasteiger charge is -2.30. The molecule has 0 bridgehead atoms. The van der Waals surface area contributed by atoms with Crippen molar-refractivity contribution in [3.63, 3.8) is 0 Å².